The van der Waals surface area contributed by atoms with E-state index < -0.39 is 26.6 Å². The molecule has 0 unspecified atom stereocenters. The maximum absolute atomic E-state index is 13.7. The van der Waals surface area contributed by atoms with Crippen LogP contribution < -0.4 is 0 Å². The summed E-state index contributed by atoms with van der Waals surface area (Å²) < 4.78 is 53.0. The first-order valence-electron chi connectivity index (χ1n) is 7.48. The standard InChI is InChI=1S/C15H22F2N2O2S/c1-12(2)5-6-18-7-9-19(10-8-18)22(20,21)15-11-13(16)3-4-14(15)17/h3-4,11-12H,5-10H2,1-2H3. The van der Waals surface area contributed by atoms with Gasteiger partial charge in [0.15, 0.2) is 0 Å². The summed E-state index contributed by atoms with van der Waals surface area (Å²) in [6.45, 7) is 7.05. The minimum atomic E-state index is -3.98. The van der Waals surface area contributed by atoms with Crippen LogP contribution in [-0.4, -0.2) is 50.3 Å². The Hall–Kier alpha value is -1.05. The quantitative estimate of drug-likeness (QED) is 0.831. The van der Waals surface area contributed by atoms with Gasteiger partial charge in [-0.25, -0.2) is 17.2 Å². The first-order valence-corrected chi connectivity index (χ1v) is 8.92. The summed E-state index contributed by atoms with van der Waals surface area (Å²) in [6.07, 6.45) is 1.06. The second-order valence-electron chi connectivity index (χ2n) is 6.00. The van der Waals surface area contributed by atoms with E-state index in [0.29, 0.717) is 32.1 Å². The SMILES string of the molecule is CC(C)CCN1CCN(S(=O)(=O)c2cc(F)ccc2F)CC1. The van der Waals surface area contributed by atoms with Gasteiger partial charge < -0.3 is 4.90 Å². The number of piperazine rings is 1. The molecule has 0 saturated carbocycles. The average molecular weight is 332 g/mol. The van der Waals surface area contributed by atoms with E-state index in [9.17, 15) is 17.2 Å². The number of nitrogens with zero attached hydrogens (tertiary/aromatic N) is 2. The molecule has 0 atom stereocenters. The highest BCUT2D eigenvalue weighted by Gasteiger charge is 2.30. The van der Waals surface area contributed by atoms with E-state index in [1.54, 1.807) is 0 Å². The summed E-state index contributed by atoms with van der Waals surface area (Å²) in [7, 11) is -3.98. The molecule has 1 fully saturated rings. The molecule has 0 aliphatic carbocycles. The zero-order valence-electron chi connectivity index (χ0n) is 12.9. The van der Waals surface area contributed by atoms with Gasteiger partial charge in [0.25, 0.3) is 0 Å². The molecule has 1 aromatic carbocycles. The molecule has 1 aliphatic heterocycles. The van der Waals surface area contributed by atoms with Crippen molar-refractivity contribution in [1.82, 2.24) is 9.21 Å². The molecule has 1 aromatic rings. The number of hydrogen-bond acceptors (Lipinski definition) is 3. The van der Waals surface area contributed by atoms with Crippen molar-refractivity contribution in [2.75, 3.05) is 32.7 Å². The number of rotatable bonds is 5. The van der Waals surface area contributed by atoms with Crippen LogP contribution in [0, 0.1) is 17.6 Å². The first kappa shape index (κ1) is 17.3. The van der Waals surface area contributed by atoms with Gasteiger partial charge in [-0.1, -0.05) is 13.8 Å². The van der Waals surface area contributed by atoms with E-state index in [-0.39, 0.29) is 0 Å². The summed E-state index contributed by atoms with van der Waals surface area (Å²) in [5.74, 6) is -1.07. The van der Waals surface area contributed by atoms with Gasteiger partial charge in [-0.2, -0.15) is 4.31 Å². The number of hydrogen-bond donors (Lipinski definition) is 0. The summed E-state index contributed by atoms with van der Waals surface area (Å²) in [5.41, 5.74) is 0. The molecule has 22 heavy (non-hydrogen) atoms. The fourth-order valence-corrected chi connectivity index (χ4v) is 3.95. The number of benzene rings is 1. The Balaban J connectivity index is 2.05. The fourth-order valence-electron chi connectivity index (χ4n) is 2.45. The van der Waals surface area contributed by atoms with Gasteiger partial charge in [0, 0.05) is 26.2 Å². The maximum atomic E-state index is 13.7. The Morgan fingerprint density at radius 2 is 1.77 bits per heavy atom. The molecule has 1 heterocycles. The number of halogens is 2. The smallest absolute Gasteiger partial charge is 0.246 e. The predicted molar refractivity (Wildman–Crippen MR) is 81.0 cm³/mol. The molecule has 1 aliphatic rings. The largest absolute Gasteiger partial charge is 0.301 e. The van der Waals surface area contributed by atoms with Crippen LogP contribution in [0.4, 0.5) is 8.78 Å². The molecule has 0 radical (unpaired) electrons. The maximum Gasteiger partial charge on any atom is 0.246 e. The molecule has 124 valence electrons. The lowest BCUT2D eigenvalue weighted by Crippen LogP contribution is -2.49. The van der Waals surface area contributed by atoms with Crippen molar-refractivity contribution in [3.63, 3.8) is 0 Å². The second kappa shape index (κ2) is 7.02. The van der Waals surface area contributed by atoms with Crippen molar-refractivity contribution in [2.24, 2.45) is 5.92 Å². The molecule has 7 heteroatoms. The highest BCUT2D eigenvalue weighted by Crippen LogP contribution is 2.21. The Morgan fingerprint density at radius 1 is 1.14 bits per heavy atom. The third-order valence-electron chi connectivity index (χ3n) is 3.87. The van der Waals surface area contributed by atoms with Crippen LogP contribution in [-0.2, 0) is 10.0 Å². The van der Waals surface area contributed by atoms with Crippen LogP contribution in [0.5, 0.6) is 0 Å². The fraction of sp³-hybridized carbons (Fsp3) is 0.600. The Labute approximate surface area is 130 Å². The van der Waals surface area contributed by atoms with Crippen LogP contribution in [0.3, 0.4) is 0 Å². The highest BCUT2D eigenvalue weighted by molar-refractivity contribution is 7.89. The zero-order chi connectivity index (χ0) is 16.3. The molecule has 0 aromatic heterocycles. The minimum absolute atomic E-state index is 0.302. The zero-order valence-corrected chi connectivity index (χ0v) is 13.7. The van der Waals surface area contributed by atoms with Crippen molar-refractivity contribution in [1.29, 1.82) is 0 Å². The third-order valence-corrected chi connectivity index (χ3v) is 5.78. The molecule has 4 nitrogen and oxygen atoms in total. The van der Waals surface area contributed by atoms with E-state index in [0.717, 1.165) is 31.2 Å². The Kier molecular flexibility index (Phi) is 5.52. The van der Waals surface area contributed by atoms with E-state index in [1.165, 1.54) is 4.31 Å². The molecule has 0 spiro atoms. The average Bonchev–Trinajstić information content (AvgIpc) is 2.48. The molecule has 1 saturated heterocycles. The Morgan fingerprint density at radius 3 is 2.36 bits per heavy atom. The normalized spacial score (nSPS) is 18.0. The van der Waals surface area contributed by atoms with Crippen molar-refractivity contribution in [3.05, 3.63) is 29.8 Å². The summed E-state index contributed by atoms with van der Waals surface area (Å²) in [5, 5.41) is 0. The summed E-state index contributed by atoms with van der Waals surface area (Å²) in [6, 6.07) is 2.51. The molecular weight excluding hydrogens is 310 g/mol. The molecule has 2 rings (SSSR count). The minimum Gasteiger partial charge on any atom is -0.301 e. The van der Waals surface area contributed by atoms with Crippen molar-refractivity contribution in [3.8, 4) is 0 Å². The Bertz CT molecular complexity index is 612. The van der Waals surface area contributed by atoms with Crippen LogP contribution >= 0.6 is 0 Å². The topological polar surface area (TPSA) is 40.6 Å². The van der Waals surface area contributed by atoms with Gasteiger partial charge >= 0.3 is 0 Å². The van der Waals surface area contributed by atoms with Gasteiger partial charge in [-0.15, -0.1) is 0 Å². The molecule has 0 bridgehead atoms. The van der Waals surface area contributed by atoms with Crippen LogP contribution in [0.15, 0.2) is 23.1 Å². The van der Waals surface area contributed by atoms with E-state index >= 15 is 0 Å². The van der Waals surface area contributed by atoms with Crippen LogP contribution in [0.1, 0.15) is 20.3 Å². The first-order chi connectivity index (χ1) is 10.3. The van der Waals surface area contributed by atoms with E-state index in [4.69, 9.17) is 0 Å². The monoisotopic (exact) mass is 332 g/mol. The second-order valence-corrected chi connectivity index (χ2v) is 7.91. The molecule has 0 amide bonds. The van der Waals surface area contributed by atoms with Crippen LogP contribution in [0.25, 0.3) is 0 Å². The lowest BCUT2D eigenvalue weighted by molar-refractivity contribution is 0.180. The summed E-state index contributed by atoms with van der Waals surface area (Å²) in [4.78, 5) is 1.62. The molecular formula is C15H22F2N2O2S. The number of sulfonamides is 1. The highest BCUT2D eigenvalue weighted by atomic mass is 32.2. The van der Waals surface area contributed by atoms with Gasteiger partial charge in [0.05, 0.1) is 0 Å². The molecule has 0 N–H and O–H groups in total. The van der Waals surface area contributed by atoms with Gasteiger partial charge in [0.1, 0.15) is 16.5 Å². The summed E-state index contributed by atoms with van der Waals surface area (Å²) >= 11 is 0. The van der Waals surface area contributed by atoms with E-state index in [2.05, 4.69) is 18.7 Å². The van der Waals surface area contributed by atoms with Gasteiger partial charge in [-0.3, -0.25) is 0 Å². The third kappa shape index (κ3) is 4.02. The van der Waals surface area contributed by atoms with Gasteiger partial charge in [0.2, 0.25) is 10.0 Å². The van der Waals surface area contributed by atoms with Crippen LogP contribution in [0.2, 0.25) is 0 Å². The predicted octanol–water partition coefficient (Wildman–Crippen LogP) is 2.32. The lowest BCUT2D eigenvalue weighted by atomic mass is 10.1. The van der Waals surface area contributed by atoms with Crippen molar-refractivity contribution >= 4 is 10.0 Å². The lowest BCUT2D eigenvalue weighted by Gasteiger charge is -2.34. The van der Waals surface area contributed by atoms with E-state index in [1.807, 2.05) is 0 Å². The van der Waals surface area contributed by atoms with Crippen molar-refractivity contribution < 1.29 is 17.2 Å². The van der Waals surface area contributed by atoms with Crippen molar-refractivity contribution in [2.45, 2.75) is 25.2 Å². The van der Waals surface area contributed by atoms with Gasteiger partial charge in [-0.05, 0) is 37.1 Å².